The highest BCUT2D eigenvalue weighted by Gasteiger charge is 2.24. The Balaban J connectivity index is 1.66. The van der Waals surface area contributed by atoms with Gasteiger partial charge in [-0.2, -0.15) is 5.10 Å². The number of benzene rings is 2. The van der Waals surface area contributed by atoms with Crippen LogP contribution >= 0.6 is 0 Å². The van der Waals surface area contributed by atoms with Crippen molar-refractivity contribution in [1.82, 2.24) is 9.78 Å². The molecule has 2 aromatic carbocycles. The van der Waals surface area contributed by atoms with E-state index in [2.05, 4.69) is 5.32 Å². The molecule has 0 aliphatic carbocycles. The van der Waals surface area contributed by atoms with Gasteiger partial charge in [0.1, 0.15) is 36.2 Å². The molecule has 0 radical (unpaired) electrons. The summed E-state index contributed by atoms with van der Waals surface area (Å²) in [4.78, 5) is 0. The normalized spacial score (nSPS) is 15.0. The lowest BCUT2D eigenvalue weighted by Gasteiger charge is -2.19. The van der Waals surface area contributed by atoms with Gasteiger partial charge in [-0.15, -0.1) is 0 Å². The van der Waals surface area contributed by atoms with Crippen LogP contribution in [0.5, 0.6) is 23.0 Å². The molecular formula is C23H25N3O4. The maximum absolute atomic E-state index is 5.79. The average Bonchev–Trinajstić information content (AvgIpc) is 2.98. The highest BCUT2D eigenvalue weighted by Crippen LogP contribution is 2.40. The van der Waals surface area contributed by atoms with E-state index in [1.807, 2.05) is 41.1 Å². The Kier molecular flexibility index (Phi) is 4.86. The molecule has 7 nitrogen and oxygen atoms in total. The molecule has 0 atom stereocenters. The lowest BCUT2D eigenvalue weighted by Crippen LogP contribution is -2.15. The first-order valence-electron chi connectivity index (χ1n) is 10.3. The standard InChI is InChI=1S/C23H25N3O4/c1-27-16-7-8-17(20(14-16)28-2)22-18-5-3-4-10-24-23(18)26(25-22)15-6-9-19-21(13-15)30-12-11-29-19/h6-9,13-14,24H,3-5,10-12H2,1-2H3. The summed E-state index contributed by atoms with van der Waals surface area (Å²) < 4.78 is 24.5. The third-order valence-corrected chi connectivity index (χ3v) is 5.56. The lowest BCUT2D eigenvalue weighted by molar-refractivity contribution is 0.171. The van der Waals surface area contributed by atoms with Gasteiger partial charge in [-0.1, -0.05) is 0 Å². The summed E-state index contributed by atoms with van der Waals surface area (Å²) >= 11 is 0. The Morgan fingerprint density at radius 3 is 2.67 bits per heavy atom. The maximum Gasteiger partial charge on any atom is 0.163 e. The van der Waals surface area contributed by atoms with Gasteiger partial charge in [0.05, 0.1) is 19.9 Å². The molecule has 0 saturated carbocycles. The van der Waals surface area contributed by atoms with Gasteiger partial charge in [0.2, 0.25) is 0 Å². The zero-order chi connectivity index (χ0) is 20.5. The third-order valence-electron chi connectivity index (χ3n) is 5.56. The van der Waals surface area contributed by atoms with E-state index >= 15 is 0 Å². The SMILES string of the molecule is COc1ccc(-c2nn(-c3ccc4c(c3)OCCO4)c3c2CCCCN3)c(OC)c1. The number of nitrogens with zero attached hydrogens (tertiary/aromatic N) is 2. The van der Waals surface area contributed by atoms with Crippen molar-refractivity contribution in [2.75, 3.05) is 39.3 Å². The number of fused-ring (bicyclic) bond motifs is 2. The number of ether oxygens (including phenoxy) is 4. The number of anilines is 1. The second-order valence-electron chi connectivity index (χ2n) is 7.37. The number of hydrogen-bond donors (Lipinski definition) is 1. The van der Waals surface area contributed by atoms with Gasteiger partial charge in [-0.25, -0.2) is 4.68 Å². The molecule has 0 fully saturated rings. The minimum atomic E-state index is 0.556. The second kappa shape index (κ2) is 7.82. The molecule has 3 heterocycles. The van der Waals surface area contributed by atoms with E-state index in [4.69, 9.17) is 24.0 Å². The third kappa shape index (κ3) is 3.20. The van der Waals surface area contributed by atoms with Gasteiger partial charge in [0.15, 0.2) is 11.5 Å². The van der Waals surface area contributed by atoms with Crippen LogP contribution in [-0.2, 0) is 6.42 Å². The molecule has 0 bridgehead atoms. The Labute approximate surface area is 175 Å². The van der Waals surface area contributed by atoms with Crippen molar-refractivity contribution in [1.29, 1.82) is 0 Å². The van der Waals surface area contributed by atoms with Crippen molar-refractivity contribution in [2.45, 2.75) is 19.3 Å². The summed E-state index contributed by atoms with van der Waals surface area (Å²) in [5.74, 6) is 4.05. The molecule has 3 aromatic rings. The average molecular weight is 407 g/mol. The molecule has 30 heavy (non-hydrogen) atoms. The molecule has 5 rings (SSSR count). The Hall–Kier alpha value is -3.35. The molecule has 1 N–H and O–H groups in total. The fraction of sp³-hybridized carbons (Fsp3) is 0.348. The number of hydrogen-bond acceptors (Lipinski definition) is 6. The molecule has 1 aromatic heterocycles. The van der Waals surface area contributed by atoms with E-state index in [9.17, 15) is 0 Å². The molecule has 0 unspecified atom stereocenters. The number of methoxy groups -OCH3 is 2. The van der Waals surface area contributed by atoms with E-state index < -0.39 is 0 Å². The van der Waals surface area contributed by atoms with Gasteiger partial charge in [0, 0.05) is 29.8 Å². The molecule has 7 heteroatoms. The molecule has 156 valence electrons. The first-order valence-corrected chi connectivity index (χ1v) is 10.3. The maximum atomic E-state index is 5.79. The van der Waals surface area contributed by atoms with Gasteiger partial charge in [0.25, 0.3) is 0 Å². The fourth-order valence-electron chi connectivity index (χ4n) is 4.06. The van der Waals surface area contributed by atoms with Gasteiger partial charge >= 0.3 is 0 Å². The minimum absolute atomic E-state index is 0.556. The van der Waals surface area contributed by atoms with E-state index in [1.54, 1.807) is 14.2 Å². The summed E-state index contributed by atoms with van der Waals surface area (Å²) in [5, 5.41) is 8.61. The van der Waals surface area contributed by atoms with Gasteiger partial charge < -0.3 is 24.3 Å². The number of rotatable bonds is 4. The monoisotopic (exact) mass is 407 g/mol. The first-order chi connectivity index (χ1) is 14.8. The molecular weight excluding hydrogens is 382 g/mol. The van der Waals surface area contributed by atoms with Crippen molar-refractivity contribution in [3.8, 4) is 39.9 Å². The van der Waals surface area contributed by atoms with E-state index in [0.29, 0.717) is 13.2 Å². The Morgan fingerprint density at radius 2 is 1.83 bits per heavy atom. The van der Waals surface area contributed by atoms with E-state index in [1.165, 1.54) is 5.56 Å². The smallest absolute Gasteiger partial charge is 0.163 e. The van der Waals surface area contributed by atoms with Crippen molar-refractivity contribution in [2.24, 2.45) is 0 Å². The van der Waals surface area contributed by atoms with E-state index in [0.717, 1.165) is 71.6 Å². The van der Waals surface area contributed by atoms with Crippen LogP contribution in [0, 0.1) is 0 Å². The fourth-order valence-corrected chi connectivity index (χ4v) is 4.06. The van der Waals surface area contributed by atoms with Crippen molar-refractivity contribution < 1.29 is 18.9 Å². The molecule has 0 spiro atoms. The topological polar surface area (TPSA) is 66.8 Å². The zero-order valence-corrected chi connectivity index (χ0v) is 17.2. The molecule has 0 amide bonds. The van der Waals surface area contributed by atoms with Crippen LogP contribution in [0.15, 0.2) is 36.4 Å². The van der Waals surface area contributed by atoms with Crippen LogP contribution in [0.25, 0.3) is 16.9 Å². The summed E-state index contributed by atoms with van der Waals surface area (Å²) in [6.45, 7) is 2.05. The predicted molar refractivity (Wildman–Crippen MR) is 115 cm³/mol. The summed E-state index contributed by atoms with van der Waals surface area (Å²) in [7, 11) is 3.33. The highest BCUT2D eigenvalue weighted by atomic mass is 16.6. The lowest BCUT2D eigenvalue weighted by atomic mass is 10.0. The first kappa shape index (κ1) is 18.7. The Morgan fingerprint density at radius 1 is 0.967 bits per heavy atom. The van der Waals surface area contributed by atoms with Crippen molar-refractivity contribution in [3.63, 3.8) is 0 Å². The summed E-state index contributed by atoms with van der Waals surface area (Å²) in [6.07, 6.45) is 3.19. The largest absolute Gasteiger partial charge is 0.497 e. The summed E-state index contributed by atoms with van der Waals surface area (Å²) in [6, 6.07) is 11.8. The Bertz CT molecular complexity index is 1080. The quantitative estimate of drug-likeness (QED) is 0.703. The van der Waals surface area contributed by atoms with Gasteiger partial charge in [-0.05, 0) is 43.5 Å². The second-order valence-corrected chi connectivity index (χ2v) is 7.37. The van der Waals surface area contributed by atoms with Crippen LogP contribution < -0.4 is 24.3 Å². The predicted octanol–water partition coefficient (Wildman–Crippen LogP) is 4.08. The van der Waals surface area contributed by atoms with Crippen molar-refractivity contribution >= 4 is 5.82 Å². The number of nitrogens with one attached hydrogen (secondary N) is 1. The number of aromatic nitrogens is 2. The van der Waals surface area contributed by atoms with Crippen LogP contribution in [0.1, 0.15) is 18.4 Å². The highest BCUT2D eigenvalue weighted by molar-refractivity contribution is 5.76. The molecule has 2 aliphatic rings. The van der Waals surface area contributed by atoms with Crippen molar-refractivity contribution in [3.05, 3.63) is 42.0 Å². The molecule has 2 aliphatic heterocycles. The molecule has 0 saturated heterocycles. The van der Waals surface area contributed by atoms with Crippen LogP contribution in [-0.4, -0.2) is 43.8 Å². The summed E-state index contributed by atoms with van der Waals surface area (Å²) in [5.41, 5.74) is 4.01. The van der Waals surface area contributed by atoms with Crippen LogP contribution in [0.4, 0.5) is 5.82 Å². The van der Waals surface area contributed by atoms with Gasteiger partial charge in [-0.3, -0.25) is 0 Å². The minimum Gasteiger partial charge on any atom is -0.497 e. The van der Waals surface area contributed by atoms with Crippen LogP contribution in [0.2, 0.25) is 0 Å². The van der Waals surface area contributed by atoms with E-state index in [-0.39, 0.29) is 0 Å². The zero-order valence-electron chi connectivity index (χ0n) is 17.2. The van der Waals surface area contributed by atoms with Crippen LogP contribution in [0.3, 0.4) is 0 Å².